The molecule has 1 saturated heterocycles. The maximum Gasteiger partial charge on any atom is 0.336 e. The standard InChI is InChI=1S/C28H34N2O8/c1-19(31)20-3-4-22(23(15-20)28(32)33)26-16-21-17-27(34-2)24(18-25(21)38-26)30-7-11-35-9-5-29-6-10-36-13-14-37-12-8-30/h3-4,15-18,29H,5-14H2,1-2H3,(H,32,33). The number of anilines is 1. The van der Waals surface area contributed by atoms with Gasteiger partial charge in [0.1, 0.15) is 17.1 Å². The highest BCUT2D eigenvalue weighted by molar-refractivity contribution is 6.02. The number of nitrogens with one attached hydrogen (secondary N) is 1. The Morgan fingerprint density at radius 2 is 1.61 bits per heavy atom. The van der Waals surface area contributed by atoms with Gasteiger partial charge in [-0.2, -0.15) is 0 Å². The quantitative estimate of drug-likeness (QED) is 0.478. The van der Waals surface area contributed by atoms with Crippen LogP contribution in [0.1, 0.15) is 27.6 Å². The van der Waals surface area contributed by atoms with E-state index in [-0.39, 0.29) is 11.3 Å². The molecule has 3 aromatic rings. The highest BCUT2D eigenvalue weighted by Gasteiger charge is 2.20. The van der Waals surface area contributed by atoms with Crippen LogP contribution in [0.2, 0.25) is 0 Å². The van der Waals surface area contributed by atoms with Gasteiger partial charge in [0.15, 0.2) is 5.78 Å². The lowest BCUT2D eigenvalue weighted by molar-refractivity contribution is 0.0515. The van der Waals surface area contributed by atoms with E-state index in [4.69, 9.17) is 23.4 Å². The second-order valence-corrected chi connectivity index (χ2v) is 8.87. The van der Waals surface area contributed by atoms with Crippen molar-refractivity contribution < 1.29 is 38.1 Å². The summed E-state index contributed by atoms with van der Waals surface area (Å²) < 4.78 is 29.0. The first-order chi connectivity index (χ1) is 18.5. The van der Waals surface area contributed by atoms with Crippen LogP contribution in [0.25, 0.3) is 22.3 Å². The first-order valence-corrected chi connectivity index (χ1v) is 12.7. The summed E-state index contributed by atoms with van der Waals surface area (Å²) in [6, 6.07) is 10.1. The topological polar surface area (TPSA) is 120 Å². The van der Waals surface area contributed by atoms with Crippen molar-refractivity contribution in [2.45, 2.75) is 6.92 Å². The molecule has 1 fully saturated rings. The van der Waals surface area contributed by atoms with Gasteiger partial charge in [0.25, 0.3) is 0 Å². The number of carbonyl (C=O) groups is 2. The SMILES string of the molecule is COc1cc2cc(-c3ccc(C(C)=O)cc3C(=O)O)oc2cc1N1CCOCCNCCOCCOCC1. The average molecular weight is 527 g/mol. The number of hydrogen-bond donors (Lipinski definition) is 2. The van der Waals surface area contributed by atoms with E-state index in [1.165, 1.54) is 13.0 Å². The molecule has 204 valence electrons. The van der Waals surface area contributed by atoms with Gasteiger partial charge in [-0.1, -0.05) is 6.07 Å². The molecule has 1 aliphatic rings. The first kappa shape index (κ1) is 27.6. The summed E-state index contributed by atoms with van der Waals surface area (Å²) in [5, 5.41) is 13.8. The summed E-state index contributed by atoms with van der Waals surface area (Å²) in [7, 11) is 1.61. The highest BCUT2D eigenvalue weighted by Crippen LogP contribution is 2.38. The summed E-state index contributed by atoms with van der Waals surface area (Å²) in [6.45, 7) is 7.43. The predicted octanol–water partition coefficient (Wildman–Crippen LogP) is 3.47. The fraction of sp³-hybridized carbons (Fsp3) is 0.429. The number of Topliss-reactive ketones (excluding diaryl/α,β-unsaturated/α-hetero) is 1. The Kier molecular flexibility index (Phi) is 9.72. The van der Waals surface area contributed by atoms with Crippen molar-refractivity contribution in [1.82, 2.24) is 5.32 Å². The third kappa shape index (κ3) is 6.90. The molecule has 4 rings (SSSR count). The van der Waals surface area contributed by atoms with Crippen molar-refractivity contribution in [2.75, 3.05) is 77.8 Å². The van der Waals surface area contributed by atoms with E-state index in [1.54, 1.807) is 25.3 Å². The second kappa shape index (κ2) is 13.4. The largest absolute Gasteiger partial charge is 0.495 e. The van der Waals surface area contributed by atoms with Gasteiger partial charge in [0.05, 0.1) is 58.0 Å². The molecule has 2 heterocycles. The van der Waals surface area contributed by atoms with Crippen LogP contribution in [0.4, 0.5) is 5.69 Å². The minimum absolute atomic E-state index is 0.00213. The van der Waals surface area contributed by atoms with Gasteiger partial charge in [-0.15, -0.1) is 0 Å². The molecule has 0 unspecified atom stereocenters. The molecule has 10 heteroatoms. The number of rotatable bonds is 5. The molecule has 0 aliphatic carbocycles. The molecule has 38 heavy (non-hydrogen) atoms. The van der Waals surface area contributed by atoms with Crippen LogP contribution in [-0.4, -0.2) is 89.8 Å². The Morgan fingerprint density at radius 1 is 0.921 bits per heavy atom. The van der Waals surface area contributed by atoms with Gasteiger partial charge >= 0.3 is 5.97 Å². The van der Waals surface area contributed by atoms with Crippen molar-refractivity contribution >= 4 is 28.4 Å². The Morgan fingerprint density at radius 3 is 2.26 bits per heavy atom. The number of carboxylic acid groups (broad SMARTS) is 1. The van der Waals surface area contributed by atoms with E-state index in [0.29, 0.717) is 81.0 Å². The molecule has 0 radical (unpaired) electrons. The van der Waals surface area contributed by atoms with E-state index in [9.17, 15) is 14.7 Å². The molecule has 0 amide bonds. The fourth-order valence-corrected chi connectivity index (χ4v) is 4.29. The zero-order chi connectivity index (χ0) is 26.9. The summed E-state index contributed by atoms with van der Waals surface area (Å²) in [4.78, 5) is 25.8. The van der Waals surface area contributed by atoms with Crippen molar-refractivity contribution in [2.24, 2.45) is 0 Å². The lowest BCUT2D eigenvalue weighted by Crippen LogP contribution is -2.32. The number of hydrogen-bond acceptors (Lipinski definition) is 9. The van der Waals surface area contributed by atoms with E-state index < -0.39 is 5.97 Å². The van der Waals surface area contributed by atoms with E-state index in [0.717, 1.165) is 24.2 Å². The molecular formula is C28H34N2O8. The smallest absolute Gasteiger partial charge is 0.336 e. The first-order valence-electron chi connectivity index (χ1n) is 12.7. The normalized spacial score (nSPS) is 16.5. The zero-order valence-corrected chi connectivity index (χ0v) is 21.8. The van der Waals surface area contributed by atoms with Crippen LogP contribution in [0.3, 0.4) is 0 Å². The van der Waals surface area contributed by atoms with Crippen LogP contribution >= 0.6 is 0 Å². The van der Waals surface area contributed by atoms with Crippen molar-refractivity contribution in [3.05, 3.63) is 47.5 Å². The molecule has 0 bridgehead atoms. The van der Waals surface area contributed by atoms with E-state index in [1.807, 2.05) is 12.1 Å². The fourth-order valence-electron chi connectivity index (χ4n) is 4.29. The number of fused-ring (bicyclic) bond motifs is 1. The number of aromatic carboxylic acids is 1. The minimum atomic E-state index is -1.14. The van der Waals surface area contributed by atoms with Gasteiger partial charge in [-0.05, 0) is 31.2 Å². The number of furan rings is 1. The number of ether oxygens (including phenoxy) is 4. The van der Waals surface area contributed by atoms with Crippen LogP contribution in [0, 0.1) is 0 Å². The zero-order valence-electron chi connectivity index (χ0n) is 21.8. The van der Waals surface area contributed by atoms with Crippen LogP contribution in [0.5, 0.6) is 5.75 Å². The second-order valence-electron chi connectivity index (χ2n) is 8.87. The molecule has 0 atom stereocenters. The number of ketones is 1. The lowest BCUT2D eigenvalue weighted by atomic mass is 10.00. The molecule has 2 N–H and O–H groups in total. The highest BCUT2D eigenvalue weighted by atomic mass is 16.5. The molecule has 0 spiro atoms. The van der Waals surface area contributed by atoms with E-state index in [2.05, 4.69) is 10.2 Å². The van der Waals surface area contributed by atoms with Gasteiger partial charge in [0.2, 0.25) is 0 Å². The van der Waals surface area contributed by atoms with E-state index >= 15 is 0 Å². The van der Waals surface area contributed by atoms with Crippen LogP contribution in [0.15, 0.2) is 40.8 Å². The Balaban J connectivity index is 1.64. The van der Waals surface area contributed by atoms with Gasteiger partial charge < -0.3 is 38.7 Å². The molecule has 2 aromatic carbocycles. The third-order valence-corrected chi connectivity index (χ3v) is 6.31. The molecular weight excluding hydrogens is 492 g/mol. The lowest BCUT2D eigenvalue weighted by Gasteiger charge is -2.26. The van der Waals surface area contributed by atoms with Gasteiger partial charge in [-0.25, -0.2) is 4.79 Å². The molecule has 1 aromatic heterocycles. The number of carboxylic acids is 1. The van der Waals surface area contributed by atoms with Gasteiger partial charge in [0, 0.05) is 48.8 Å². The average Bonchev–Trinajstić information content (AvgIpc) is 3.32. The Labute approximate surface area is 221 Å². The van der Waals surface area contributed by atoms with Crippen LogP contribution < -0.4 is 15.0 Å². The van der Waals surface area contributed by atoms with Crippen molar-refractivity contribution in [3.63, 3.8) is 0 Å². The van der Waals surface area contributed by atoms with Gasteiger partial charge in [-0.3, -0.25) is 4.79 Å². The number of carbonyl (C=O) groups excluding carboxylic acids is 1. The monoisotopic (exact) mass is 526 g/mol. The minimum Gasteiger partial charge on any atom is -0.495 e. The molecule has 1 aliphatic heterocycles. The summed E-state index contributed by atoms with van der Waals surface area (Å²) in [5.74, 6) is -0.298. The number of nitrogens with zero attached hydrogens (tertiary/aromatic N) is 1. The maximum atomic E-state index is 11.9. The summed E-state index contributed by atoms with van der Waals surface area (Å²) in [6.07, 6.45) is 0. The molecule has 10 nitrogen and oxygen atoms in total. The maximum absolute atomic E-state index is 11.9. The third-order valence-electron chi connectivity index (χ3n) is 6.31. The Bertz CT molecular complexity index is 1240. The number of benzene rings is 2. The van der Waals surface area contributed by atoms with Crippen molar-refractivity contribution in [3.8, 4) is 17.1 Å². The van der Waals surface area contributed by atoms with Crippen molar-refractivity contribution in [1.29, 1.82) is 0 Å². The Hall–Kier alpha value is -3.44. The van der Waals surface area contributed by atoms with Crippen LogP contribution in [-0.2, 0) is 14.2 Å². The number of methoxy groups -OCH3 is 1. The predicted molar refractivity (Wildman–Crippen MR) is 143 cm³/mol. The summed E-state index contributed by atoms with van der Waals surface area (Å²) in [5.41, 5.74) is 2.12. The summed E-state index contributed by atoms with van der Waals surface area (Å²) >= 11 is 0. The molecule has 0 saturated carbocycles.